The Morgan fingerprint density at radius 1 is 1.42 bits per heavy atom. The molecule has 1 aliphatic heterocycles. The molecule has 1 amide bonds. The predicted octanol–water partition coefficient (Wildman–Crippen LogP) is 1.90. The lowest BCUT2D eigenvalue weighted by atomic mass is 10.2. The minimum atomic E-state index is -1.38. The summed E-state index contributed by atoms with van der Waals surface area (Å²) < 4.78 is 5.48. The summed E-state index contributed by atoms with van der Waals surface area (Å²) in [6.45, 7) is 3.26. The van der Waals surface area contributed by atoms with Gasteiger partial charge in [-0.3, -0.25) is 9.69 Å². The summed E-state index contributed by atoms with van der Waals surface area (Å²) in [4.78, 5) is 24.7. The molecule has 24 heavy (non-hydrogen) atoms. The number of aliphatic carboxylic acids is 1. The highest BCUT2D eigenvalue weighted by molar-refractivity contribution is 8.26. The van der Waals surface area contributed by atoms with E-state index in [0.29, 0.717) is 17.3 Å². The number of hydrogen-bond donors (Lipinski definition) is 2. The van der Waals surface area contributed by atoms with Crippen LogP contribution in [-0.2, 0) is 9.59 Å². The van der Waals surface area contributed by atoms with Gasteiger partial charge in [0.15, 0.2) is 6.04 Å². The lowest BCUT2D eigenvalue weighted by molar-refractivity contribution is -0.146. The third kappa shape index (κ3) is 4.02. The largest absolute Gasteiger partial charge is 0.490 e. The number of amides is 1. The van der Waals surface area contributed by atoms with Crippen LogP contribution in [0.3, 0.4) is 0 Å². The number of benzene rings is 1. The van der Waals surface area contributed by atoms with Gasteiger partial charge in [0.2, 0.25) is 0 Å². The summed E-state index contributed by atoms with van der Waals surface area (Å²) in [5.74, 6) is -1.16. The number of thioether (sulfide) groups is 1. The fourth-order valence-corrected chi connectivity index (χ4v) is 3.34. The summed E-state index contributed by atoms with van der Waals surface area (Å²) >= 11 is 6.07. The number of nitrogens with zero attached hydrogens (tertiary/aromatic N) is 1. The second-order valence-corrected chi connectivity index (χ2v) is 6.43. The van der Waals surface area contributed by atoms with Crippen LogP contribution in [0.1, 0.15) is 5.56 Å². The Morgan fingerprint density at radius 3 is 2.62 bits per heavy atom. The van der Waals surface area contributed by atoms with E-state index in [9.17, 15) is 14.7 Å². The van der Waals surface area contributed by atoms with Crippen molar-refractivity contribution in [2.24, 2.45) is 0 Å². The molecule has 6 nitrogen and oxygen atoms in total. The van der Waals surface area contributed by atoms with Gasteiger partial charge in [-0.05, 0) is 23.8 Å². The van der Waals surface area contributed by atoms with E-state index in [0.717, 1.165) is 22.2 Å². The minimum absolute atomic E-state index is 0.110. The number of carbonyl (C=O) groups is 2. The first kappa shape index (κ1) is 18.2. The molecule has 0 aliphatic carbocycles. The normalized spacial score (nSPS) is 17.2. The molecular weight excluding hydrogens is 350 g/mol. The molecule has 1 fully saturated rings. The predicted molar refractivity (Wildman–Crippen MR) is 95.7 cm³/mol. The average molecular weight is 365 g/mol. The molecule has 2 N–H and O–H groups in total. The highest BCUT2D eigenvalue weighted by atomic mass is 32.2. The molecule has 0 spiro atoms. The summed E-state index contributed by atoms with van der Waals surface area (Å²) in [6.07, 6.45) is 3.26. The van der Waals surface area contributed by atoms with Gasteiger partial charge in [0.05, 0.1) is 11.5 Å². The summed E-state index contributed by atoms with van der Waals surface area (Å²) in [5, 5.41) is 18.3. The van der Waals surface area contributed by atoms with Gasteiger partial charge in [0.1, 0.15) is 16.7 Å². The van der Waals surface area contributed by atoms with Gasteiger partial charge >= 0.3 is 5.97 Å². The van der Waals surface area contributed by atoms with E-state index >= 15 is 0 Å². The molecule has 1 saturated heterocycles. The Morgan fingerprint density at radius 2 is 2.08 bits per heavy atom. The fourth-order valence-electron chi connectivity index (χ4n) is 1.99. The van der Waals surface area contributed by atoms with Gasteiger partial charge < -0.3 is 14.9 Å². The molecule has 0 saturated carbocycles. The summed E-state index contributed by atoms with van der Waals surface area (Å²) in [6, 6.07) is 5.67. The second-order valence-electron chi connectivity index (χ2n) is 4.76. The van der Waals surface area contributed by atoms with Crippen molar-refractivity contribution in [1.82, 2.24) is 4.90 Å². The first-order valence-corrected chi connectivity index (χ1v) is 8.15. The number of carboxylic acids is 1. The molecule has 8 heteroatoms. The lowest BCUT2D eigenvalue weighted by Crippen LogP contribution is -2.46. The van der Waals surface area contributed by atoms with Gasteiger partial charge in [-0.25, -0.2) is 4.79 Å². The minimum Gasteiger partial charge on any atom is -0.490 e. The number of thiocarbonyl (C=S) groups is 1. The van der Waals surface area contributed by atoms with Crippen molar-refractivity contribution in [3.8, 4) is 5.75 Å². The maximum Gasteiger partial charge on any atom is 0.329 e. The van der Waals surface area contributed by atoms with E-state index in [1.54, 1.807) is 36.4 Å². The number of hydrogen-bond acceptors (Lipinski definition) is 6. The Balaban J connectivity index is 2.19. The Hall–Kier alpha value is -2.16. The van der Waals surface area contributed by atoms with Crippen LogP contribution < -0.4 is 4.74 Å². The van der Waals surface area contributed by atoms with Gasteiger partial charge in [0.25, 0.3) is 5.91 Å². The molecule has 0 aromatic heterocycles. The van der Waals surface area contributed by atoms with Gasteiger partial charge in [-0.15, -0.1) is 0 Å². The van der Waals surface area contributed by atoms with Crippen LogP contribution in [0, 0.1) is 0 Å². The van der Waals surface area contributed by atoms with Crippen LogP contribution in [-0.4, -0.2) is 50.6 Å². The molecule has 126 valence electrons. The van der Waals surface area contributed by atoms with Gasteiger partial charge in [0, 0.05) is 0 Å². The van der Waals surface area contributed by atoms with Crippen LogP contribution in [0.5, 0.6) is 5.75 Å². The molecule has 1 atom stereocenters. The number of rotatable bonds is 7. The highest BCUT2D eigenvalue weighted by Gasteiger charge is 2.40. The van der Waals surface area contributed by atoms with Crippen LogP contribution in [0.4, 0.5) is 0 Å². The van der Waals surface area contributed by atoms with Crippen LogP contribution in [0.15, 0.2) is 41.8 Å². The third-order valence-electron chi connectivity index (χ3n) is 3.14. The zero-order valence-electron chi connectivity index (χ0n) is 12.5. The molecule has 2 rings (SSSR count). The van der Waals surface area contributed by atoms with Crippen molar-refractivity contribution < 1.29 is 24.5 Å². The summed E-state index contributed by atoms with van der Waals surface area (Å²) in [5.41, 5.74) is 0.748. The van der Waals surface area contributed by atoms with Crippen molar-refractivity contribution in [2.45, 2.75) is 6.04 Å². The fraction of sp³-hybridized carbons (Fsp3) is 0.188. The number of ether oxygens (including phenoxy) is 1. The first-order chi connectivity index (χ1) is 11.5. The zero-order chi connectivity index (χ0) is 17.7. The van der Waals surface area contributed by atoms with Crippen LogP contribution in [0.2, 0.25) is 0 Å². The van der Waals surface area contributed by atoms with Crippen molar-refractivity contribution in [3.05, 3.63) is 47.4 Å². The summed E-state index contributed by atoms with van der Waals surface area (Å²) in [7, 11) is 0. The SMILES string of the molecule is C=CCOc1ccc(/C=C2\SC(=S)N([C@@H](CO)C(=O)O)C2=O)cc1. The van der Waals surface area contributed by atoms with Gasteiger partial charge in [-0.2, -0.15) is 0 Å². The molecule has 0 bridgehead atoms. The van der Waals surface area contributed by atoms with E-state index in [4.69, 9.17) is 22.1 Å². The zero-order valence-corrected chi connectivity index (χ0v) is 14.2. The average Bonchev–Trinajstić information content (AvgIpc) is 2.82. The maximum absolute atomic E-state index is 12.4. The van der Waals surface area contributed by atoms with Crippen molar-refractivity contribution in [3.63, 3.8) is 0 Å². The van der Waals surface area contributed by atoms with Crippen molar-refractivity contribution >= 4 is 46.3 Å². The molecular formula is C16H15NO5S2. The standard InChI is InChI=1S/C16H15NO5S2/c1-2-7-22-11-5-3-10(4-6-11)8-13-14(19)17(16(23)24-13)12(9-18)15(20)21/h2-6,8,12,18H,1,7,9H2,(H,20,21)/b13-8-/t12-/m0/s1. The van der Waals surface area contributed by atoms with E-state index in [1.807, 2.05) is 0 Å². The molecule has 1 aliphatic rings. The molecule has 1 aromatic rings. The molecule has 0 unspecified atom stereocenters. The Bertz CT molecular complexity index is 699. The number of aliphatic hydroxyl groups is 1. The number of carbonyl (C=O) groups excluding carboxylic acids is 1. The van der Waals surface area contributed by atoms with Crippen molar-refractivity contribution in [1.29, 1.82) is 0 Å². The highest BCUT2D eigenvalue weighted by Crippen LogP contribution is 2.34. The molecule has 0 radical (unpaired) electrons. The second kappa shape index (κ2) is 8.09. The van der Waals surface area contributed by atoms with Gasteiger partial charge in [-0.1, -0.05) is 48.8 Å². The van der Waals surface area contributed by atoms with E-state index in [-0.39, 0.29) is 4.32 Å². The van der Waals surface area contributed by atoms with Crippen LogP contribution >= 0.6 is 24.0 Å². The third-order valence-corrected chi connectivity index (χ3v) is 4.47. The number of aliphatic hydroxyl groups excluding tert-OH is 1. The maximum atomic E-state index is 12.4. The monoisotopic (exact) mass is 365 g/mol. The quantitative estimate of drug-likeness (QED) is 0.433. The Labute approximate surface area is 148 Å². The van der Waals surface area contributed by atoms with E-state index in [2.05, 4.69) is 6.58 Å². The molecule has 1 heterocycles. The smallest absolute Gasteiger partial charge is 0.329 e. The molecule has 1 aromatic carbocycles. The van der Waals surface area contributed by atoms with Crippen molar-refractivity contribution in [2.75, 3.05) is 13.2 Å². The number of carboxylic acid groups (broad SMARTS) is 1. The topological polar surface area (TPSA) is 87.1 Å². The Kier molecular flexibility index (Phi) is 6.13. The van der Waals surface area contributed by atoms with E-state index < -0.39 is 24.5 Å². The van der Waals surface area contributed by atoms with E-state index in [1.165, 1.54) is 0 Å². The first-order valence-electron chi connectivity index (χ1n) is 6.92. The lowest BCUT2D eigenvalue weighted by Gasteiger charge is -2.20. The van der Waals surface area contributed by atoms with Crippen LogP contribution in [0.25, 0.3) is 6.08 Å².